The van der Waals surface area contributed by atoms with Crippen molar-refractivity contribution in [1.29, 1.82) is 0 Å². The number of urea groups is 1. The van der Waals surface area contributed by atoms with E-state index in [-0.39, 0.29) is 12.6 Å². The van der Waals surface area contributed by atoms with Crippen LogP contribution in [-0.2, 0) is 4.79 Å². The van der Waals surface area contributed by atoms with Gasteiger partial charge in [0.1, 0.15) is 0 Å². The molecular weight excluding hydrogens is 220 g/mol. The number of hydrogen-bond donors (Lipinski definition) is 2. The van der Waals surface area contributed by atoms with Crippen molar-refractivity contribution in [3.05, 3.63) is 29.3 Å². The number of aryl methyl sites for hydroxylation is 1. The average Bonchev–Trinajstić information content (AvgIpc) is 2.65. The summed E-state index contributed by atoms with van der Waals surface area (Å²) < 4.78 is 0. The van der Waals surface area contributed by atoms with E-state index in [1.165, 1.54) is 4.90 Å². The van der Waals surface area contributed by atoms with E-state index < -0.39 is 12.0 Å². The van der Waals surface area contributed by atoms with E-state index in [2.05, 4.69) is 5.32 Å². The molecule has 90 valence electrons. The fraction of sp³-hybridized carbons (Fsp3) is 0.333. The van der Waals surface area contributed by atoms with Gasteiger partial charge in [-0.25, -0.2) is 9.59 Å². The normalized spacial score (nSPS) is 19.3. The predicted octanol–water partition coefficient (Wildman–Crippen LogP) is 1.29. The monoisotopic (exact) mass is 234 g/mol. The summed E-state index contributed by atoms with van der Waals surface area (Å²) in [6.07, 6.45) is 0. The van der Waals surface area contributed by atoms with E-state index in [1.54, 1.807) is 6.07 Å². The fourth-order valence-corrected chi connectivity index (χ4v) is 1.97. The van der Waals surface area contributed by atoms with E-state index in [0.29, 0.717) is 5.69 Å². The lowest BCUT2D eigenvalue weighted by Gasteiger charge is -2.22. The number of carbonyl (C=O) groups excluding carboxylic acids is 1. The number of carboxylic acid groups (broad SMARTS) is 1. The topological polar surface area (TPSA) is 69.6 Å². The number of carbonyl (C=O) groups is 2. The van der Waals surface area contributed by atoms with Crippen LogP contribution < -0.4 is 10.2 Å². The van der Waals surface area contributed by atoms with Crippen LogP contribution in [0.1, 0.15) is 11.1 Å². The van der Waals surface area contributed by atoms with Crippen molar-refractivity contribution in [3.63, 3.8) is 0 Å². The maximum absolute atomic E-state index is 11.7. The Kier molecular flexibility index (Phi) is 2.75. The molecular formula is C12H14N2O3. The van der Waals surface area contributed by atoms with Crippen molar-refractivity contribution in [1.82, 2.24) is 5.32 Å². The Hall–Kier alpha value is -2.04. The predicted molar refractivity (Wildman–Crippen MR) is 63.2 cm³/mol. The molecule has 2 rings (SSSR count). The molecule has 1 heterocycles. The van der Waals surface area contributed by atoms with Gasteiger partial charge in [-0.3, -0.25) is 4.90 Å². The highest BCUT2D eigenvalue weighted by molar-refractivity contribution is 6.02. The van der Waals surface area contributed by atoms with Crippen molar-refractivity contribution in [3.8, 4) is 0 Å². The summed E-state index contributed by atoms with van der Waals surface area (Å²) >= 11 is 0. The smallest absolute Gasteiger partial charge is 0.328 e. The second-order valence-corrected chi connectivity index (χ2v) is 4.13. The van der Waals surface area contributed by atoms with Crippen LogP contribution in [0.4, 0.5) is 10.5 Å². The van der Waals surface area contributed by atoms with Gasteiger partial charge in [0.15, 0.2) is 6.04 Å². The van der Waals surface area contributed by atoms with Gasteiger partial charge < -0.3 is 10.4 Å². The molecule has 1 saturated heterocycles. The van der Waals surface area contributed by atoms with Crippen molar-refractivity contribution in [2.45, 2.75) is 19.9 Å². The number of rotatable bonds is 2. The molecule has 5 nitrogen and oxygen atoms in total. The van der Waals surface area contributed by atoms with E-state index in [4.69, 9.17) is 5.11 Å². The van der Waals surface area contributed by atoms with E-state index >= 15 is 0 Å². The average molecular weight is 234 g/mol. The van der Waals surface area contributed by atoms with E-state index in [1.807, 2.05) is 26.0 Å². The summed E-state index contributed by atoms with van der Waals surface area (Å²) in [5.74, 6) is -0.996. The molecule has 1 aliphatic heterocycles. The first kappa shape index (κ1) is 11.4. The first-order chi connectivity index (χ1) is 8.02. The molecule has 0 radical (unpaired) electrons. The number of carboxylic acids is 1. The van der Waals surface area contributed by atoms with Gasteiger partial charge in [-0.05, 0) is 31.0 Å². The quantitative estimate of drug-likeness (QED) is 0.810. The minimum absolute atomic E-state index is 0.140. The third-order valence-corrected chi connectivity index (χ3v) is 3.10. The molecule has 2 amide bonds. The molecule has 1 fully saturated rings. The molecule has 17 heavy (non-hydrogen) atoms. The summed E-state index contributed by atoms with van der Waals surface area (Å²) in [7, 11) is 0. The second-order valence-electron chi connectivity index (χ2n) is 4.13. The van der Waals surface area contributed by atoms with Crippen LogP contribution in [0.15, 0.2) is 18.2 Å². The summed E-state index contributed by atoms with van der Waals surface area (Å²) in [6.45, 7) is 3.96. The number of nitrogens with zero attached hydrogens (tertiary/aromatic N) is 1. The lowest BCUT2D eigenvalue weighted by atomic mass is 10.1. The molecule has 1 atom stereocenters. The zero-order chi connectivity index (χ0) is 12.6. The first-order valence-corrected chi connectivity index (χ1v) is 5.38. The van der Waals surface area contributed by atoms with Crippen LogP contribution in [0.25, 0.3) is 0 Å². The number of amides is 2. The minimum atomic E-state index is -0.996. The molecule has 5 heteroatoms. The molecule has 2 N–H and O–H groups in total. The Balaban J connectivity index is 2.47. The Morgan fingerprint density at radius 2 is 2.18 bits per heavy atom. The third kappa shape index (κ3) is 1.84. The standard InChI is InChI=1S/C12H14N2O3/c1-7-4-3-5-9(8(7)2)14-10(11(15)16)6-13-12(14)17/h3-5,10H,6H2,1-2H3,(H,13,17)(H,15,16). The summed E-state index contributed by atoms with van der Waals surface area (Å²) in [5, 5.41) is 11.6. The number of benzene rings is 1. The van der Waals surface area contributed by atoms with Gasteiger partial charge in [0.2, 0.25) is 0 Å². The maximum Gasteiger partial charge on any atom is 0.328 e. The number of aliphatic carboxylic acids is 1. The molecule has 1 aromatic rings. The third-order valence-electron chi connectivity index (χ3n) is 3.10. The SMILES string of the molecule is Cc1cccc(N2C(=O)NCC2C(=O)O)c1C. The maximum atomic E-state index is 11.7. The van der Waals surface area contributed by atoms with Crippen molar-refractivity contribution in [2.24, 2.45) is 0 Å². The molecule has 0 spiro atoms. The lowest BCUT2D eigenvalue weighted by Crippen LogP contribution is -2.40. The minimum Gasteiger partial charge on any atom is -0.480 e. The van der Waals surface area contributed by atoms with Gasteiger partial charge in [0.25, 0.3) is 0 Å². The van der Waals surface area contributed by atoms with Crippen LogP contribution in [0.5, 0.6) is 0 Å². The van der Waals surface area contributed by atoms with Gasteiger partial charge >= 0.3 is 12.0 Å². The number of nitrogens with one attached hydrogen (secondary N) is 1. The Morgan fingerprint density at radius 3 is 2.82 bits per heavy atom. The summed E-state index contributed by atoms with van der Waals surface area (Å²) in [4.78, 5) is 24.1. The van der Waals surface area contributed by atoms with Crippen molar-refractivity contribution >= 4 is 17.7 Å². The molecule has 1 unspecified atom stereocenters. The summed E-state index contributed by atoms with van der Waals surface area (Å²) in [5.41, 5.74) is 2.62. The van der Waals surface area contributed by atoms with Crippen LogP contribution >= 0.6 is 0 Å². The highest BCUT2D eigenvalue weighted by Gasteiger charge is 2.37. The van der Waals surface area contributed by atoms with E-state index in [9.17, 15) is 9.59 Å². The van der Waals surface area contributed by atoms with Gasteiger partial charge in [-0.15, -0.1) is 0 Å². The van der Waals surface area contributed by atoms with Crippen LogP contribution in [0, 0.1) is 13.8 Å². The Bertz CT molecular complexity index is 485. The fourth-order valence-electron chi connectivity index (χ4n) is 1.97. The van der Waals surface area contributed by atoms with Gasteiger partial charge in [-0.1, -0.05) is 12.1 Å². The Morgan fingerprint density at radius 1 is 1.47 bits per heavy atom. The van der Waals surface area contributed by atoms with Gasteiger partial charge in [-0.2, -0.15) is 0 Å². The van der Waals surface area contributed by atoms with Crippen molar-refractivity contribution in [2.75, 3.05) is 11.4 Å². The lowest BCUT2D eigenvalue weighted by molar-refractivity contribution is -0.137. The Labute approximate surface area is 99.0 Å². The van der Waals surface area contributed by atoms with Gasteiger partial charge in [0.05, 0.1) is 6.54 Å². The van der Waals surface area contributed by atoms with Crippen molar-refractivity contribution < 1.29 is 14.7 Å². The van der Waals surface area contributed by atoms with Gasteiger partial charge in [0, 0.05) is 5.69 Å². The van der Waals surface area contributed by atoms with Crippen LogP contribution in [0.2, 0.25) is 0 Å². The molecule has 0 bridgehead atoms. The molecule has 0 aromatic heterocycles. The van der Waals surface area contributed by atoms with E-state index in [0.717, 1.165) is 11.1 Å². The highest BCUT2D eigenvalue weighted by Crippen LogP contribution is 2.26. The molecule has 0 aliphatic carbocycles. The number of anilines is 1. The summed E-state index contributed by atoms with van der Waals surface area (Å²) in [6, 6.07) is 4.34. The first-order valence-electron chi connectivity index (χ1n) is 5.38. The largest absolute Gasteiger partial charge is 0.480 e. The van der Waals surface area contributed by atoms with Crippen LogP contribution in [0.3, 0.4) is 0 Å². The zero-order valence-corrected chi connectivity index (χ0v) is 9.73. The highest BCUT2D eigenvalue weighted by atomic mass is 16.4. The molecule has 1 aromatic carbocycles. The molecule has 0 saturated carbocycles. The van der Waals surface area contributed by atoms with Crippen LogP contribution in [-0.4, -0.2) is 29.7 Å². The molecule has 1 aliphatic rings. The zero-order valence-electron chi connectivity index (χ0n) is 9.73. The second kappa shape index (κ2) is 4.08. The number of hydrogen-bond acceptors (Lipinski definition) is 2.